The summed E-state index contributed by atoms with van der Waals surface area (Å²) in [6.45, 7) is 0. The Bertz CT molecular complexity index is 456. The molecule has 1 aliphatic heterocycles. The Morgan fingerprint density at radius 3 is 2.88 bits per heavy atom. The van der Waals surface area contributed by atoms with E-state index in [1.807, 2.05) is 18.2 Å². The van der Waals surface area contributed by atoms with Gasteiger partial charge in [-0.05, 0) is 30.4 Å². The summed E-state index contributed by atoms with van der Waals surface area (Å²) in [6.07, 6.45) is 2.41. The van der Waals surface area contributed by atoms with E-state index in [0.717, 1.165) is 16.8 Å². The first kappa shape index (κ1) is 10.1. The molecule has 2 atom stereocenters. The van der Waals surface area contributed by atoms with Crippen LogP contribution in [-0.4, -0.2) is 5.91 Å². The fourth-order valence-corrected chi connectivity index (χ4v) is 2.52. The van der Waals surface area contributed by atoms with Gasteiger partial charge in [-0.15, -0.1) is 11.6 Å². The molecule has 3 rings (SSSR count). The Kier molecular flexibility index (Phi) is 2.19. The van der Waals surface area contributed by atoms with Crippen molar-refractivity contribution in [3.8, 4) is 0 Å². The quantitative estimate of drug-likeness (QED) is 0.775. The highest BCUT2D eigenvalue weighted by Crippen LogP contribution is 2.46. The van der Waals surface area contributed by atoms with E-state index in [0.29, 0.717) is 5.92 Å². The SMILES string of the molecule is NC1C(=O)Nc2ccc(C(Cl)C3CC3)cc21. The summed E-state index contributed by atoms with van der Waals surface area (Å²) in [6, 6.07) is 5.30. The smallest absolute Gasteiger partial charge is 0.245 e. The maximum atomic E-state index is 11.4. The van der Waals surface area contributed by atoms with Gasteiger partial charge in [0.1, 0.15) is 6.04 Å². The maximum absolute atomic E-state index is 11.4. The number of nitrogens with two attached hydrogens (primary N) is 1. The van der Waals surface area contributed by atoms with E-state index < -0.39 is 6.04 Å². The number of carbonyl (C=O) groups excluding carboxylic acids is 1. The van der Waals surface area contributed by atoms with Crippen molar-refractivity contribution in [1.29, 1.82) is 0 Å². The minimum absolute atomic E-state index is 0.0632. The Morgan fingerprint density at radius 2 is 2.19 bits per heavy atom. The lowest BCUT2D eigenvalue weighted by atomic mass is 10.0. The number of hydrogen-bond donors (Lipinski definition) is 2. The topological polar surface area (TPSA) is 55.1 Å². The van der Waals surface area contributed by atoms with Crippen LogP contribution in [0.5, 0.6) is 0 Å². The Balaban J connectivity index is 1.96. The highest BCUT2D eigenvalue weighted by molar-refractivity contribution is 6.21. The highest BCUT2D eigenvalue weighted by Gasteiger charge is 2.33. The van der Waals surface area contributed by atoms with Gasteiger partial charge in [0.2, 0.25) is 5.91 Å². The van der Waals surface area contributed by atoms with E-state index in [1.54, 1.807) is 0 Å². The number of anilines is 1. The van der Waals surface area contributed by atoms with E-state index in [1.165, 1.54) is 12.8 Å². The highest BCUT2D eigenvalue weighted by atomic mass is 35.5. The maximum Gasteiger partial charge on any atom is 0.245 e. The van der Waals surface area contributed by atoms with Crippen molar-refractivity contribution in [3.05, 3.63) is 29.3 Å². The lowest BCUT2D eigenvalue weighted by Crippen LogP contribution is -2.19. The lowest BCUT2D eigenvalue weighted by Gasteiger charge is -2.10. The molecule has 2 aliphatic rings. The van der Waals surface area contributed by atoms with Crippen molar-refractivity contribution < 1.29 is 4.79 Å². The van der Waals surface area contributed by atoms with E-state index in [9.17, 15) is 4.79 Å². The molecule has 0 aromatic heterocycles. The molecule has 0 saturated heterocycles. The largest absolute Gasteiger partial charge is 0.324 e. The number of carbonyl (C=O) groups is 1. The molecule has 1 aliphatic carbocycles. The van der Waals surface area contributed by atoms with Crippen molar-refractivity contribution in [2.75, 3.05) is 5.32 Å². The summed E-state index contributed by atoms with van der Waals surface area (Å²) >= 11 is 6.34. The Morgan fingerprint density at radius 1 is 1.44 bits per heavy atom. The second kappa shape index (κ2) is 3.47. The Hall–Kier alpha value is -1.06. The fraction of sp³-hybridized carbons (Fsp3) is 0.417. The average molecular weight is 237 g/mol. The van der Waals surface area contributed by atoms with Gasteiger partial charge in [0.15, 0.2) is 0 Å². The van der Waals surface area contributed by atoms with Crippen LogP contribution in [0, 0.1) is 5.92 Å². The van der Waals surface area contributed by atoms with Crippen molar-refractivity contribution in [2.45, 2.75) is 24.3 Å². The number of fused-ring (bicyclic) bond motifs is 1. The number of rotatable bonds is 2. The summed E-state index contributed by atoms with van der Waals surface area (Å²) in [5.74, 6) is 0.464. The van der Waals surface area contributed by atoms with Gasteiger partial charge in [0, 0.05) is 11.3 Å². The van der Waals surface area contributed by atoms with Crippen molar-refractivity contribution in [3.63, 3.8) is 0 Å². The zero-order valence-corrected chi connectivity index (χ0v) is 9.50. The predicted molar refractivity (Wildman–Crippen MR) is 63.3 cm³/mol. The molecular formula is C12H13ClN2O. The number of nitrogens with one attached hydrogen (secondary N) is 1. The van der Waals surface area contributed by atoms with Crippen LogP contribution in [0.4, 0.5) is 5.69 Å². The minimum Gasteiger partial charge on any atom is -0.324 e. The number of benzene rings is 1. The molecule has 84 valence electrons. The minimum atomic E-state index is -0.544. The molecular weight excluding hydrogens is 224 g/mol. The van der Waals surface area contributed by atoms with Crippen molar-refractivity contribution in [2.24, 2.45) is 11.7 Å². The van der Waals surface area contributed by atoms with Crippen LogP contribution in [0.15, 0.2) is 18.2 Å². The molecule has 1 aromatic rings. The predicted octanol–water partition coefficient (Wildman–Crippen LogP) is 2.33. The third kappa shape index (κ3) is 1.51. The van der Waals surface area contributed by atoms with Crippen LogP contribution in [0.1, 0.15) is 35.4 Å². The lowest BCUT2D eigenvalue weighted by molar-refractivity contribution is -0.116. The molecule has 3 nitrogen and oxygen atoms in total. The molecule has 1 fully saturated rings. The van der Waals surface area contributed by atoms with E-state index in [2.05, 4.69) is 5.32 Å². The first-order valence-electron chi connectivity index (χ1n) is 5.51. The van der Waals surface area contributed by atoms with Crippen molar-refractivity contribution in [1.82, 2.24) is 0 Å². The second-order valence-corrected chi connectivity index (χ2v) is 5.02. The van der Waals surface area contributed by atoms with Gasteiger partial charge in [-0.2, -0.15) is 0 Å². The first-order chi connectivity index (χ1) is 7.66. The molecule has 0 spiro atoms. The summed E-state index contributed by atoms with van der Waals surface area (Å²) in [4.78, 5) is 11.4. The van der Waals surface area contributed by atoms with E-state index >= 15 is 0 Å². The number of hydrogen-bond acceptors (Lipinski definition) is 2. The second-order valence-electron chi connectivity index (χ2n) is 4.55. The molecule has 16 heavy (non-hydrogen) atoms. The van der Waals surface area contributed by atoms with Gasteiger partial charge in [-0.1, -0.05) is 12.1 Å². The van der Waals surface area contributed by atoms with Gasteiger partial charge >= 0.3 is 0 Å². The zero-order valence-electron chi connectivity index (χ0n) is 8.74. The van der Waals surface area contributed by atoms with Gasteiger partial charge in [-0.3, -0.25) is 4.79 Å². The molecule has 1 saturated carbocycles. The first-order valence-corrected chi connectivity index (χ1v) is 5.95. The molecule has 2 unspecified atom stereocenters. The van der Waals surface area contributed by atoms with Gasteiger partial charge in [-0.25, -0.2) is 0 Å². The van der Waals surface area contributed by atoms with Crippen LogP contribution in [0.25, 0.3) is 0 Å². The molecule has 0 bridgehead atoms. The fourth-order valence-electron chi connectivity index (χ4n) is 2.14. The molecule has 1 amide bonds. The Labute approximate surface area is 99.0 Å². The molecule has 1 heterocycles. The molecule has 4 heteroatoms. The van der Waals surface area contributed by atoms with Gasteiger partial charge in [0.25, 0.3) is 0 Å². The summed E-state index contributed by atoms with van der Waals surface area (Å²) in [5.41, 5.74) is 8.56. The van der Waals surface area contributed by atoms with Crippen LogP contribution < -0.4 is 11.1 Å². The van der Waals surface area contributed by atoms with E-state index in [-0.39, 0.29) is 11.3 Å². The molecule has 3 N–H and O–H groups in total. The molecule has 1 aromatic carbocycles. The summed E-state index contributed by atoms with van der Waals surface area (Å²) < 4.78 is 0. The van der Waals surface area contributed by atoms with Gasteiger partial charge in [0.05, 0.1) is 5.38 Å². The average Bonchev–Trinajstić information content (AvgIpc) is 3.07. The summed E-state index contributed by atoms with van der Waals surface area (Å²) in [7, 11) is 0. The number of amides is 1. The van der Waals surface area contributed by atoms with Crippen LogP contribution >= 0.6 is 11.6 Å². The van der Waals surface area contributed by atoms with Crippen LogP contribution in [0.3, 0.4) is 0 Å². The van der Waals surface area contributed by atoms with Crippen molar-refractivity contribution >= 4 is 23.2 Å². The van der Waals surface area contributed by atoms with Gasteiger partial charge < -0.3 is 11.1 Å². The monoisotopic (exact) mass is 236 g/mol. The molecule has 0 radical (unpaired) electrons. The van der Waals surface area contributed by atoms with E-state index in [4.69, 9.17) is 17.3 Å². The number of alkyl halides is 1. The third-order valence-electron chi connectivity index (χ3n) is 3.31. The standard InChI is InChI=1S/C12H13ClN2O/c13-10(6-1-2-6)7-3-4-9-8(5-7)11(14)12(16)15-9/h3-6,10-11H,1-2,14H2,(H,15,16). The van der Waals surface area contributed by atoms with Crippen LogP contribution in [0.2, 0.25) is 0 Å². The third-order valence-corrected chi connectivity index (χ3v) is 3.91. The normalized spacial score (nSPS) is 25.1. The zero-order chi connectivity index (χ0) is 11.3. The number of halogens is 1. The van der Waals surface area contributed by atoms with Crippen LogP contribution in [-0.2, 0) is 4.79 Å². The summed E-state index contributed by atoms with van der Waals surface area (Å²) in [5, 5.41) is 2.81.